The van der Waals surface area contributed by atoms with Gasteiger partial charge in [0.15, 0.2) is 0 Å². The highest BCUT2D eigenvalue weighted by Crippen LogP contribution is 2.14. The van der Waals surface area contributed by atoms with Crippen LogP contribution in [0.1, 0.15) is 45.2 Å². The Hall–Kier alpha value is -1.48. The van der Waals surface area contributed by atoms with E-state index in [2.05, 4.69) is 61.8 Å². The Morgan fingerprint density at radius 3 is 1.55 bits per heavy atom. The molecule has 0 aliphatic carbocycles. The van der Waals surface area contributed by atoms with E-state index in [0.29, 0.717) is 0 Å². The van der Waals surface area contributed by atoms with Crippen LogP contribution in [0.2, 0.25) is 0 Å². The predicted molar refractivity (Wildman–Crippen MR) is 90.3 cm³/mol. The molecule has 0 nitrogen and oxygen atoms in total. The minimum absolute atomic E-state index is 0.969. The Labute approximate surface area is 129 Å². The van der Waals surface area contributed by atoms with E-state index < -0.39 is 0 Å². The van der Waals surface area contributed by atoms with Gasteiger partial charge in [-0.25, -0.2) is 0 Å². The Morgan fingerprint density at radius 1 is 0.750 bits per heavy atom. The molecule has 2 heterocycles. The zero-order valence-corrected chi connectivity index (χ0v) is 13.6. The molecule has 0 aliphatic heterocycles. The fourth-order valence-corrected chi connectivity index (χ4v) is 3.21. The van der Waals surface area contributed by atoms with Gasteiger partial charge < -0.3 is 0 Å². The van der Waals surface area contributed by atoms with Crippen LogP contribution in [-0.4, -0.2) is 0 Å². The lowest BCUT2D eigenvalue weighted by Gasteiger charge is -1.88. The fraction of sp³-hybridized carbons (Fsp3) is 0.333. The minimum Gasteiger partial charge on any atom is -0.132 e. The molecule has 0 unspecified atom stereocenters. The van der Waals surface area contributed by atoms with Crippen LogP contribution in [0, 0.1) is 37.5 Å². The molecule has 2 heteroatoms. The van der Waals surface area contributed by atoms with Gasteiger partial charge in [0.1, 0.15) is 0 Å². The van der Waals surface area contributed by atoms with Crippen molar-refractivity contribution in [2.45, 2.75) is 39.5 Å². The third-order valence-corrected chi connectivity index (χ3v) is 4.59. The smallest absolute Gasteiger partial charge is 0.0771 e. The first-order chi connectivity index (χ1) is 9.74. The molecule has 2 aromatic heterocycles. The molecule has 0 spiro atoms. The summed E-state index contributed by atoms with van der Waals surface area (Å²) in [5.41, 5.74) is 0. The van der Waals surface area contributed by atoms with Gasteiger partial charge >= 0.3 is 0 Å². The monoisotopic (exact) mass is 298 g/mol. The van der Waals surface area contributed by atoms with Crippen LogP contribution in [0.4, 0.5) is 0 Å². The average molecular weight is 298 g/mol. The van der Waals surface area contributed by atoms with Crippen LogP contribution in [0.15, 0.2) is 24.3 Å². The van der Waals surface area contributed by atoms with E-state index in [1.54, 1.807) is 22.7 Å². The molecule has 0 atom stereocenters. The SMILES string of the molecule is Cc1ccc(C#CCCCCC#Cc2ccc(C)s2)s1. The lowest BCUT2D eigenvalue weighted by Crippen LogP contribution is -1.73. The highest BCUT2D eigenvalue weighted by molar-refractivity contribution is 7.12. The van der Waals surface area contributed by atoms with E-state index in [0.717, 1.165) is 25.7 Å². The molecular weight excluding hydrogens is 280 g/mol. The quantitative estimate of drug-likeness (QED) is 0.526. The summed E-state index contributed by atoms with van der Waals surface area (Å²) in [5.74, 6) is 12.9. The molecular formula is C18H18S2. The van der Waals surface area contributed by atoms with E-state index in [-0.39, 0.29) is 0 Å². The van der Waals surface area contributed by atoms with Crippen LogP contribution in [0.25, 0.3) is 0 Å². The summed E-state index contributed by atoms with van der Waals surface area (Å²) in [7, 11) is 0. The lowest BCUT2D eigenvalue weighted by atomic mass is 10.2. The van der Waals surface area contributed by atoms with Crippen LogP contribution >= 0.6 is 22.7 Å². The third kappa shape index (κ3) is 5.25. The predicted octanol–water partition coefficient (Wildman–Crippen LogP) is 5.39. The normalized spacial score (nSPS) is 9.50. The van der Waals surface area contributed by atoms with Gasteiger partial charge in [-0.05, 0) is 51.0 Å². The van der Waals surface area contributed by atoms with Crippen LogP contribution in [0.3, 0.4) is 0 Å². The van der Waals surface area contributed by atoms with Crippen LogP contribution in [0.5, 0.6) is 0 Å². The highest BCUT2D eigenvalue weighted by Gasteiger charge is 1.91. The van der Waals surface area contributed by atoms with Gasteiger partial charge in [-0.15, -0.1) is 22.7 Å². The number of hydrogen-bond acceptors (Lipinski definition) is 2. The summed E-state index contributed by atoms with van der Waals surface area (Å²) < 4.78 is 0. The third-order valence-electron chi connectivity index (χ3n) is 2.76. The first-order valence-electron chi connectivity index (χ1n) is 6.84. The zero-order chi connectivity index (χ0) is 14.2. The maximum Gasteiger partial charge on any atom is 0.0771 e. The first-order valence-corrected chi connectivity index (χ1v) is 8.48. The highest BCUT2D eigenvalue weighted by atomic mass is 32.1. The van der Waals surface area contributed by atoms with Gasteiger partial charge in [-0.2, -0.15) is 0 Å². The van der Waals surface area contributed by atoms with Crippen molar-refractivity contribution in [2.24, 2.45) is 0 Å². The second kappa shape index (κ2) is 7.95. The van der Waals surface area contributed by atoms with Crippen molar-refractivity contribution in [1.29, 1.82) is 0 Å². The molecule has 20 heavy (non-hydrogen) atoms. The molecule has 0 aromatic carbocycles. The van der Waals surface area contributed by atoms with Crippen molar-refractivity contribution in [3.05, 3.63) is 43.8 Å². The number of rotatable bonds is 3. The van der Waals surface area contributed by atoms with Crippen LogP contribution < -0.4 is 0 Å². The van der Waals surface area contributed by atoms with E-state index >= 15 is 0 Å². The zero-order valence-electron chi connectivity index (χ0n) is 12.0. The number of aryl methyl sites for hydroxylation is 2. The Bertz CT molecular complexity index is 605. The lowest BCUT2D eigenvalue weighted by molar-refractivity contribution is 0.782. The molecule has 0 saturated heterocycles. The van der Waals surface area contributed by atoms with Crippen molar-refractivity contribution in [3.8, 4) is 23.7 Å². The number of hydrogen-bond donors (Lipinski definition) is 0. The number of unbranched alkanes of at least 4 members (excludes halogenated alkanes) is 3. The second-order valence-corrected chi connectivity index (χ2v) is 7.21. The minimum atomic E-state index is 0.969. The molecule has 102 valence electrons. The topological polar surface area (TPSA) is 0 Å². The van der Waals surface area contributed by atoms with Crippen LogP contribution in [-0.2, 0) is 0 Å². The summed E-state index contributed by atoms with van der Waals surface area (Å²) in [6, 6.07) is 8.44. The van der Waals surface area contributed by atoms with Crippen molar-refractivity contribution in [1.82, 2.24) is 0 Å². The standard InChI is InChI=1S/C18H18S2/c1-15-11-13-17(19-15)9-7-5-3-4-6-8-10-18-14-12-16(2)20-18/h11-14H,3-6H2,1-2H3. The first kappa shape index (κ1) is 14.9. The van der Waals surface area contributed by atoms with Gasteiger partial charge in [0.05, 0.1) is 9.75 Å². The molecule has 0 saturated carbocycles. The van der Waals surface area contributed by atoms with E-state index in [1.165, 1.54) is 19.5 Å². The van der Waals surface area contributed by atoms with Crippen molar-refractivity contribution >= 4 is 22.7 Å². The molecule has 2 rings (SSSR count). The van der Waals surface area contributed by atoms with E-state index in [1.807, 2.05) is 0 Å². The van der Waals surface area contributed by atoms with Gasteiger partial charge in [0, 0.05) is 22.6 Å². The number of thiophene rings is 2. The summed E-state index contributed by atoms with van der Waals surface area (Å²) in [6.45, 7) is 4.23. The maximum atomic E-state index is 3.24. The molecule has 0 fully saturated rings. The molecule has 0 amide bonds. The Kier molecular flexibility index (Phi) is 5.93. The average Bonchev–Trinajstić information content (AvgIpc) is 3.02. The largest absolute Gasteiger partial charge is 0.132 e. The molecule has 0 aliphatic rings. The Morgan fingerprint density at radius 2 is 1.20 bits per heavy atom. The van der Waals surface area contributed by atoms with Gasteiger partial charge in [-0.1, -0.05) is 23.7 Å². The molecule has 2 aromatic rings. The van der Waals surface area contributed by atoms with Gasteiger partial charge in [0.25, 0.3) is 0 Å². The van der Waals surface area contributed by atoms with Crippen molar-refractivity contribution in [3.63, 3.8) is 0 Å². The summed E-state index contributed by atoms with van der Waals surface area (Å²) >= 11 is 3.53. The summed E-state index contributed by atoms with van der Waals surface area (Å²) in [4.78, 5) is 5.01. The second-order valence-electron chi connectivity index (χ2n) is 4.63. The maximum absolute atomic E-state index is 3.24. The van der Waals surface area contributed by atoms with Crippen molar-refractivity contribution in [2.75, 3.05) is 0 Å². The molecule has 0 radical (unpaired) electrons. The van der Waals surface area contributed by atoms with E-state index in [4.69, 9.17) is 0 Å². The summed E-state index contributed by atoms with van der Waals surface area (Å²) in [5, 5.41) is 0. The Balaban J connectivity index is 1.63. The summed E-state index contributed by atoms with van der Waals surface area (Å²) in [6.07, 6.45) is 4.21. The van der Waals surface area contributed by atoms with E-state index in [9.17, 15) is 0 Å². The fourth-order valence-electron chi connectivity index (χ4n) is 1.73. The van der Waals surface area contributed by atoms with Gasteiger partial charge in [-0.3, -0.25) is 0 Å². The molecule has 0 N–H and O–H groups in total. The van der Waals surface area contributed by atoms with Crippen molar-refractivity contribution < 1.29 is 0 Å². The molecule has 0 bridgehead atoms. The van der Waals surface area contributed by atoms with Gasteiger partial charge in [0.2, 0.25) is 0 Å².